The topological polar surface area (TPSA) is 20.2 Å². The van der Waals surface area contributed by atoms with E-state index in [1.807, 2.05) is 24.3 Å². The molecule has 0 atom stereocenters. The Morgan fingerprint density at radius 3 is 2.50 bits per heavy atom. The van der Waals surface area contributed by atoms with E-state index in [1.54, 1.807) is 6.07 Å². The van der Waals surface area contributed by atoms with E-state index in [2.05, 4.69) is 0 Å². The highest BCUT2D eigenvalue weighted by atomic mass is 35.5. The molecular weight excluding hydrogens is 227 g/mol. The van der Waals surface area contributed by atoms with E-state index in [1.165, 1.54) is 12.1 Å². The zero-order valence-corrected chi connectivity index (χ0v) is 9.21. The molecule has 1 nitrogen and oxygen atoms in total. The van der Waals surface area contributed by atoms with Gasteiger partial charge in [-0.2, -0.15) is 0 Å². The van der Waals surface area contributed by atoms with Crippen molar-refractivity contribution < 1.29 is 9.50 Å². The van der Waals surface area contributed by atoms with Crippen LogP contribution in [0.15, 0.2) is 42.5 Å². The number of aliphatic hydroxyl groups is 1. The molecule has 0 saturated heterocycles. The number of hydrogen-bond donors (Lipinski definition) is 1. The fourth-order valence-corrected chi connectivity index (χ4v) is 1.64. The summed E-state index contributed by atoms with van der Waals surface area (Å²) in [6.45, 7) is -0.0239. The van der Waals surface area contributed by atoms with Gasteiger partial charge in [0.1, 0.15) is 5.82 Å². The van der Waals surface area contributed by atoms with Crippen LogP contribution in [0.2, 0.25) is 5.02 Å². The molecule has 0 radical (unpaired) electrons. The Bertz CT molecular complexity index is 511. The van der Waals surface area contributed by atoms with Gasteiger partial charge in [0.25, 0.3) is 0 Å². The van der Waals surface area contributed by atoms with Crippen molar-refractivity contribution in [2.24, 2.45) is 0 Å². The van der Waals surface area contributed by atoms with Gasteiger partial charge in [-0.05, 0) is 34.9 Å². The summed E-state index contributed by atoms with van der Waals surface area (Å²) in [7, 11) is 0. The highest BCUT2D eigenvalue weighted by molar-refractivity contribution is 6.30. The lowest BCUT2D eigenvalue weighted by Crippen LogP contribution is -1.85. The fraction of sp³-hybridized carbons (Fsp3) is 0.0769. The second kappa shape index (κ2) is 4.64. The van der Waals surface area contributed by atoms with Gasteiger partial charge in [-0.25, -0.2) is 4.39 Å². The van der Waals surface area contributed by atoms with Crippen molar-refractivity contribution in [3.05, 3.63) is 58.9 Å². The van der Waals surface area contributed by atoms with Gasteiger partial charge in [-0.15, -0.1) is 0 Å². The summed E-state index contributed by atoms with van der Waals surface area (Å²) in [5.74, 6) is -0.437. The highest BCUT2D eigenvalue weighted by Crippen LogP contribution is 2.24. The molecule has 0 unspecified atom stereocenters. The molecule has 0 heterocycles. The predicted molar refractivity (Wildman–Crippen MR) is 62.8 cm³/mol. The summed E-state index contributed by atoms with van der Waals surface area (Å²) in [6.07, 6.45) is 0. The molecule has 0 bridgehead atoms. The first-order valence-electron chi connectivity index (χ1n) is 4.86. The molecule has 0 aliphatic carbocycles. The third kappa shape index (κ3) is 2.23. The molecule has 0 aliphatic heterocycles. The van der Waals surface area contributed by atoms with Crippen LogP contribution in [0, 0.1) is 5.82 Å². The van der Waals surface area contributed by atoms with Crippen LogP contribution in [-0.2, 0) is 6.61 Å². The van der Waals surface area contributed by atoms with Crippen molar-refractivity contribution in [2.45, 2.75) is 6.61 Å². The Labute approximate surface area is 98.1 Å². The molecule has 2 rings (SSSR count). The van der Waals surface area contributed by atoms with Crippen molar-refractivity contribution in [2.75, 3.05) is 0 Å². The highest BCUT2D eigenvalue weighted by Gasteiger charge is 2.03. The van der Waals surface area contributed by atoms with E-state index in [0.717, 1.165) is 16.7 Å². The molecule has 0 fully saturated rings. The van der Waals surface area contributed by atoms with Crippen LogP contribution in [0.25, 0.3) is 11.1 Å². The molecule has 0 spiro atoms. The van der Waals surface area contributed by atoms with Crippen LogP contribution in [0.4, 0.5) is 4.39 Å². The largest absolute Gasteiger partial charge is 0.392 e. The van der Waals surface area contributed by atoms with Gasteiger partial charge in [0, 0.05) is 0 Å². The van der Waals surface area contributed by atoms with E-state index in [0.29, 0.717) is 0 Å². The van der Waals surface area contributed by atoms with Crippen LogP contribution in [0.3, 0.4) is 0 Å². The Hall–Kier alpha value is -1.38. The standard InChI is InChI=1S/C13H10ClFO/c14-12-5-4-11(7-13(12)15)10-3-1-2-9(6-10)8-16/h1-7,16H,8H2. The molecule has 16 heavy (non-hydrogen) atoms. The fourth-order valence-electron chi connectivity index (χ4n) is 1.52. The van der Waals surface area contributed by atoms with Gasteiger partial charge in [0.05, 0.1) is 11.6 Å². The van der Waals surface area contributed by atoms with Crippen molar-refractivity contribution in [3.63, 3.8) is 0 Å². The third-order valence-corrected chi connectivity index (χ3v) is 2.67. The third-order valence-electron chi connectivity index (χ3n) is 2.36. The van der Waals surface area contributed by atoms with Crippen LogP contribution in [0.5, 0.6) is 0 Å². The molecule has 0 aliphatic rings. The molecule has 2 aromatic rings. The number of rotatable bonds is 2. The molecular formula is C13H10ClFO. The first kappa shape index (κ1) is 11.1. The summed E-state index contributed by atoms with van der Waals surface area (Å²) in [4.78, 5) is 0. The minimum Gasteiger partial charge on any atom is -0.392 e. The van der Waals surface area contributed by atoms with E-state index < -0.39 is 5.82 Å². The maximum Gasteiger partial charge on any atom is 0.142 e. The number of hydrogen-bond acceptors (Lipinski definition) is 1. The molecule has 0 amide bonds. The predicted octanol–water partition coefficient (Wildman–Crippen LogP) is 3.64. The first-order valence-corrected chi connectivity index (χ1v) is 5.24. The minimum absolute atomic E-state index is 0.0239. The summed E-state index contributed by atoms with van der Waals surface area (Å²) in [6, 6.07) is 12.0. The van der Waals surface area contributed by atoms with Crippen LogP contribution < -0.4 is 0 Å². The Morgan fingerprint density at radius 1 is 1.06 bits per heavy atom. The summed E-state index contributed by atoms with van der Waals surface area (Å²) in [5.41, 5.74) is 2.41. The van der Waals surface area contributed by atoms with Crippen LogP contribution in [-0.4, -0.2) is 5.11 Å². The minimum atomic E-state index is -0.437. The average Bonchev–Trinajstić information content (AvgIpc) is 2.33. The van der Waals surface area contributed by atoms with Gasteiger partial charge < -0.3 is 5.11 Å². The second-order valence-corrected chi connectivity index (χ2v) is 3.89. The Morgan fingerprint density at radius 2 is 1.81 bits per heavy atom. The Balaban J connectivity index is 2.46. The number of halogens is 2. The lowest BCUT2D eigenvalue weighted by molar-refractivity contribution is 0.282. The number of aliphatic hydroxyl groups excluding tert-OH is 1. The zero-order chi connectivity index (χ0) is 11.5. The van der Waals surface area contributed by atoms with Gasteiger partial charge in [-0.3, -0.25) is 0 Å². The lowest BCUT2D eigenvalue weighted by Gasteiger charge is -2.04. The van der Waals surface area contributed by atoms with Gasteiger partial charge in [0.15, 0.2) is 0 Å². The molecule has 3 heteroatoms. The second-order valence-electron chi connectivity index (χ2n) is 3.49. The van der Waals surface area contributed by atoms with E-state index in [4.69, 9.17) is 16.7 Å². The summed E-state index contributed by atoms with van der Waals surface area (Å²) >= 11 is 5.61. The van der Waals surface area contributed by atoms with E-state index >= 15 is 0 Å². The summed E-state index contributed by atoms with van der Waals surface area (Å²) in [5, 5.41) is 9.13. The molecule has 2 aromatic carbocycles. The van der Waals surface area contributed by atoms with Crippen LogP contribution in [0.1, 0.15) is 5.56 Å². The Kier molecular flexibility index (Phi) is 3.22. The maximum absolute atomic E-state index is 13.3. The van der Waals surface area contributed by atoms with Gasteiger partial charge in [-0.1, -0.05) is 35.9 Å². The molecule has 0 aromatic heterocycles. The van der Waals surface area contributed by atoms with E-state index in [-0.39, 0.29) is 11.6 Å². The van der Waals surface area contributed by atoms with Gasteiger partial charge >= 0.3 is 0 Å². The summed E-state index contributed by atoms with van der Waals surface area (Å²) < 4.78 is 13.3. The van der Waals surface area contributed by atoms with Crippen molar-refractivity contribution in [1.29, 1.82) is 0 Å². The quantitative estimate of drug-likeness (QED) is 0.844. The maximum atomic E-state index is 13.3. The molecule has 1 N–H and O–H groups in total. The monoisotopic (exact) mass is 236 g/mol. The van der Waals surface area contributed by atoms with E-state index in [9.17, 15) is 4.39 Å². The zero-order valence-electron chi connectivity index (χ0n) is 8.45. The molecule has 0 saturated carbocycles. The van der Waals surface area contributed by atoms with Crippen LogP contribution >= 0.6 is 11.6 Å². The smallest absolute Gasteiger partial charge is 0.142 e. The van der Waals surface area contributed by atoms with Crippen molar-refractivity contribution in [3.8, 4) is 11.1 Å². The molecule has 82 valence electrons. The number of benzene rings is 2. The van der Waals surface area contributed by atoms with Gasteiger partial charge in [0.2, 0.25) is 0 Å². The normalized spacial score (nSPS) is 10.4. The van der Waals surface area contributed by atoms with Crippen molar-refractivity contribution in [1.82, 2.24) is 0 Å². The average molecular weight is 237 g/mol. The SMILES string of the molecule is OCc1cccc(-c2ccc(Cl)c(F)c2)c1. The van der Waals surface area contributed by atoms with Crippen molar-refractivity contribution >= 4 is 11.6 Å². The first-order chi connectivity index (χ1) is 7.70. The lowest BCUT2D eigenvalue weighted by atomic mass is 10.0.